The smallest absolute Gasteiger partial charge is 0.207 e. The van der Waals surface area contributed by atoms with Gasteiger partial charge in [0.2, 0.25) is 6.19 Å². The topological polar surface area (TPSA) is 59.6 Å². The van der Waals surface area contributed by atoms with E-state index in [9.17, 15) is 5.11 Å². The van der Waals surface area contributed by atoms with E-state index < -0.39 is 5.60 Å². The molecule has 2 rings (SSSR count). The number of aliphatic imine (C=N–C) groups is 1. The number of hydrogen-bond acceptors (Lipinski definition) is 3. The van der Waals surface area contributed by atoms with Gasteiger partial charge in [-0.3, -0.25) is 0 Å². The van der Waals surface area contributed by atoms with Crippen molar-refractivity contribution in [3.8, 4) is 6.19 Å². The van der Waals surface area contributed by atoms with Gasteiger partial charge < -0.3 is 10.0 Å². The second-order valence-electron chi connectivity index (χ2n) is 4.42. The predicted octanol–water partition coefficient (Wildman–Crippen LogP) is 2.13. The molecule has 1 N–H and O–H groups in total. The maximum absolute atomic E-state index is 10.6. The molecule has 0 aliphatic carbocycles. The van der Waals surface area contributed by atoms with Gasteiger partial charge in [0.05, 0.1) is 5.60 Å². The molecule has 94 valence electrons. The van der Waals surface area contributed by atoms with E-state index in [2.05, 4.69) is 4.99 Å². The molecule has 0 atom stereocenters. The molecule has 4 nitrogen and oxygen atoms in total. The fraction of sp³-hybridized carbons (Fsp3) is 0.385. The molecule has 5 heteroatoms. The van der Waals surface area contributed by atoms with Gasteiger partial charge in [-0.15, -0.1) is 0 Å². The van der Waals surface area contributed by atoms with Crippen molar-refractivity contribution in [3.05, 3.63) is 34.9 Å². The lowest BCUT2D eigenvalue weighted by Crippen LogP contribution is -2.41. The minimum absolute atomic E-state index is 0.617. The van der Waals surface area contributed by atoms with Crippen LogP contribution >= 0.6 is 11.6 Å². The first-order valence-electron chi connectivity index (χ1n) is 5.79. The highest BCUT2D eigenvalue weighted by Gasteiger charge is 2.33. The van der Waals surface area contributed by atoms with Gasteiger partial charge >= 0.3 is 0 Å². The van der Waals surface area contributed by atoms with Gasteiger partial charge in [-0.05, 0) is 30.5 Å². The number of aliphatic hydroxyl groups is 1. The number of rotatable bonds is 2. The lowest BCUT2D eigenvalue weighted by Gasteiger charge is -2.37. The Hall–Kier alpha value is -1.57. The third-order valence-electron chi connectivity index (χ3n) is 3.29. The Morgan fingerprint density at radius 2 is 1.94 bits per heavy atom. The molecule has 1 aliphatic rings. The first-order valence-corrected chi connectivity index (χ1v) is 6.17. The average Bonchev–Trinajstić information content (AvgIpc) is 2.39. The number of likely N-dealkylation sites (tertiary alicyclic amines) is 1. The van der Waals surface area contributed by atoms with Crippen LogP contribution in [0.2, 0.25) is 5.02 Å². The Bertz CT molecular complexity index is 470. The molecule has 0 unspecified atom stereocenters. The molecule has 1 aromatic rings. The highest BCUT2D eigenvalue weighted by Crippen LogP contribution is 2.32. The fourth-order valence-corrected chi connectivity index (χ4v) is 2.29. The van der Waals surface area contributed by atoms with Crippen LogP contribution in [0.15, 0.2) is 29.3 Å². The van der Waals surface area contributed by atoms with E-state index in [4.69, 9.17) is 16.9 Å². The summed E-state index contributed by atoms with van der Waals surface area (Å²) in [5.41, 5.74) is 0.0884. The first-order chi connectivity index (χ1) is 8.64. The molecule has 1 saturated heterocycles. The van der Waals surface area contributed by atoms with Gasteiger partial charge in [-0.25, -0.2) is 0 Å². The van der Waals surface area contributed by atoms with Crippen LogP contribution in [0.25, 0.3) is 0 Å². The zero-order chi connectivity index (χ0) is 13.0. The van der Waals surface area contributed by atoms with Gasteiger partial charge in [0.25, 0.3) is 0 Å². The number of nitrogens with zero attached hydrogens (tertiary/aromatic N) is 3. The van der Waals surface area contributed by atoms with E-state index in [1.165, 1.54) is 6.34 Å². The zero-order valence-electron chi connectivity index (χ0n) is 9.88. The molecule has 0 saturated carbocycles. The van der Waals surface area contributed by atoms with Gasteiger partial charge in [-0.2, -0.15) is 10.3 Å². The van der Waals surface area contributed by atoms with Crippen molar-refractivity contribution in [1.29, 1.82) is 5.26 Å². The number of benzene rings is 1. The predicted molar refractivity (Wildman–Crippen MR) is 70.3 cm³/mol. The largest absolute Gasteiger partial charge is 0.385 e. The van der Waals surface area contributed by atoms with Gasteiger partial charge in [0, 0.05) is 18.1 Å². The van der Waals surface area contributed by atoms with Crippen LogP contribution in [0, 0.1) is 11.5 Å². The molecular weight excluding hydrogens is 250 g/mol. The van der Waals surface area contributed by atoms with Crippen molar-refractivity contribution in [2.75, 3.05) is 13.1 Å². The maximum atomic E-state index is 10.6. The van der Waals surface area contributed by atoms with E-state index in [0.29, 0.717) is 31.0 Å². The second kappa shape index (κ2) is 5.38. The summed E-state index contributed by atoms with van der Waals surface area (Å²) in [7, 11) is 0. The lowest BCUT2D eigenvalue weighted by molar-refractivity contribution is -0.0113. The average molecular weight is 264 g/mol. The summed E-state index contributed by atoms with van der Waals surface area (Å²) in [6, 6.07) is 7.31. The molecule has 1 fully saturated rings. The summed E-state index contributed by atoms with van der Waals surface area (Å²) in [5, 5.41) is 19.6. The van der Waals surface area contributed by atoms with Crippen molar-refractivity contribution in [3.63, 3.8) is 0 Å². The Kier molecular flexibility index (Phi) is 3.85. The monoisotopic (exact) mass is 263 g/mol. The molecule has 1 aliphatic heterocycles. The number of hydrogen-bond donors (Lipinski definition) is 1. The van der Waals surface area contributed by atoms with E-state index in [-0.39, 0.29) is 0 Å². The number of nitriles is 1. The van der Waals surface area contributed by atoms with Crippen molar-refractivity contribution < 1.29 is 5.11 Å². The van der Waals surface area contributed by atoms with E-state index in [0.717, 1.165) is 5.56 Å². The van der Waals surface area contributed by atoms with Crippen LogP contribution in [0.3, 0.4) is 0 Å². The molecule has 18 heavy (non-hydrogen) atoms. The summed E-state index contributed by atoms with van der Waals surface area (Å²) in [6.45, 7) is 1.37. The molecule has 0 radical (unpaired) electrons. The maximum Gasteiger partial charge on any atom is 0.207 e. The third kappa shape index (κ3) is 2.81. The van der Waals surface area contributed by atoms with Crippen LogP contribution in [0.4, 0.5) is 0 Å². The lowest BCUT2D eigenvalue weighted by atomic mass is 9.85. The van der Waals surface area contributed by atoms with Crippen LogP contribution in [-0.2, 0) is 5.60 Å². The van der Waals surface area contributed by atoms with Crippen molar-refractivity contribution in [1.82, 2.24) is 4.90 Å². The summed E-state index contributed by atoms with van der Waals surface area (Å²) >= 11 is 5.84. The van der Waals surface area contributed by atoms with Gasteiger partial charge in [0.1, 0.15) is 6.34 Å². The minimum atomic E-state index is -0.804. The third-order valence-corrected chi connectivity index (χ3v) is 3.54. The summed E-state index contributed by atoms with van der Waals surface area (Å²) in [4.78, 5) is 5.47. The molecule has 0 aromatic heterocycles. The van der Waals surface area contributed by atoms with Crippen LogP contribution in [0.5, 0.6) is 0 Å². The van der Waals surface area contributed by atoms with Gasteiger partial charge in [-0.1, -0.05) is 23.7 Å². The van der Waals surface area contributed by atoms with Crippen molar-refractivity contribution in [2.45, 2.75) is 18.4 Å². The second-order valence-corrected chi connectivity index (χ2v) is 4.86. The van der Waals surface area contributed by atoms with E-state index in [1.807, 2.05) is 17.0 Å². The molecule has 1 aromatic carbocycles. The zero-order valence-corrected chi connectivity index (χ0v) is 10.6. The van der Waals surface area contributed by atoms with Crippen LogP contribution in [0.1, 0.15) is 18.4 Å². The minimum Gasteiger partial charge on any atom is -0.385 e. The summed E-state index contributed by atoms with van der Waals surface area (Å²) < 4.78 is 0. The molecule has 0 bridgehead atoms. The molecule has 0 amide bonds. The number of halogens is 1. The standard InChI is InChI=1S/C13H14ClN3O/c14-12-3-1-11(2-4-12)13(18)5-7-17(8-6-13)10-16-9-15/h1-4,10,18H,5-8H2. The fourth-order valence-electron chi connectivity index (χ4n) is 2.17. The Morgan fingerprint density at radius 1 is 1.33 bits per heavy atom. The Balaban J connectivity index is 2.05. The first kappa shape index (κ1) is 12.9. The van der Waals surface area contributed by atoms with Gasteiger partial charge in [0.15, 0.2) is 0 Å². The SMILES string of the molecule is N#CN=CN1CCC(O)(c2ccc(Cl)cc2)CC1. The van der Waals surface area contributed by atoms with Crippen LogP contribution < -0.4 is 0 Å². The number of piperidine rings is 1. The van der Waals surface area contributed by atoms with Crippen molar-refractivity contribution in [2.24, 2.45) is 4.99 Å². The normalized spacial score (nSPS) is 18.8. The summed E-state index contributed by atoms with van der Waals surface area (Å²) in [6.07, 6.45) is 4.49. The summed E-state index contributed by atoms with van der Waals surface area (Å²) in [5.74, 6) is 0. The Labute approximate surface area is 111 Å². The van der Waals surface area contributed by atoms with E-state index >= 15 is 0 Å². The van der Waals surface area contributed by atoms with E-state index in [1.54, 1.807) is 18.3 Å². The van der Waals surface area contributed by atoms with Crippen LogP contribution in [-0.4, -0.2) is 29.4 Å². The van der Waals surface area contributed by atoms with Crippen molar-refractivity contribution >= 4 is 17.9 Å². The quantitative estimate of drug-likeness (QED) is 0.505. The Morgan fingerprint density at radius 3 is 2.50 bits per heavy atom. The molecule has 1 heterocycles. The highest BCUT2D eigenvalue weighted by atomic mass is 35.5. The highest BCUT2D eigenvalue weighted by molar-refractivity contribution is 6.30. The molecule has 0 spiro atoms. The molecular formula is C13H14ClN3O.